The predicted molar refractivity (Wildman–Crippen MR) is 115 cm³/mol. The number of nitrogens with one attached hydrogen (secondary N) is 1. The monoisotopic (exact) mass is 419 g/mol. The summed E-state index contributed by atoms with van der Waals surface area (Å²) in [6, 6.07) is 12.8. The number of benzene rings is 2. The van der Waals surface area contributed by atoms with Gasteiger partial charge in [0.05, 0.1) is 16.5 Å². The fraction of sp³-hybridized carbons (Fsp3) is 0.217. The summed E-state index contributed by atoms with van der Waals surface area (Å²) in [5.74, 6) is -1.70. The lowest BCUT2D eigenvalue weighted by Gasteiger charge is -2.26. The number of non-ortho nitro benzene ring substituents is 1. The molecule has 158 valence electrons. The van der Waals surface area contributed by atoms with Crippen LogP contribution in [0.2, 0.25) is 0 Å². The molecule has 1 atom stereocenters. The fourth-order valence-corrected chi connectivity index (χ4v) is 4.29. The number of H-pyrrole nitrogens is 1. The number of aromatic amines is 1. The minimum atomic E-state index is -0.879. The Labute approximate surface area is 177 Å². The molecule has 2 N–H and O–H groups in total. The highest BCUT2D eigenvalue weighted by Crippen LogP contribution is 2.39. The number of aryl methyl sites for hydroxylation is 1. The van der Waals surface area contributed by atoms with Crippen molar-refractivity contribution in [2.45, 2.75) is 26.3 Å². The van der Waals surface area contributed by atoms with Crippen LogP contribution >= 0.6 is 0 Å². The van der Waals surface area contributed by atoms with Gasteiger partial charge >= 0.3 is 0 Å². The van der Waals surface area contributed by atoms with E-state index in [0.29, 0.717) is 12.0 Å². The lowest BCUT2D eigenvalue weighted by Crippen LogP contribution is -2.33. The minimum Gasteiger partial charge on any atom is -0.503 e. The fourth-order valence-electron chi connectivity index (χ4n) is 4.29. The number of ketones is 1. The van der Waals surface area contributed by atoms with Gasteiger partial charge in [-0.15, -0.1) is 0 Å². The Morgan fingerprint density at radius 3 is 2.68 bits per heavy atom. The maximum absolute atomic E-state index is 12.9. The number of para-hydroxylation sites is 1. The van der Waals surface area contributed by atoms with Crippen LogP contribution < -0.4 is 0 Å². The highest BCUT2D eigenvalue weighted by Gasteiger charge is 2.42. The Morgan fingerprint density at radius 1 is 1.23 bits per heavy atom. The van der Waals surface area contributed by atoms with Crippen LogP contribution in [0.4, 0.5) is 5.69 Å². The molecule has 0 saturated carbocycles. The van der Waals surface area contributed by atoms with Gasteiger partial charge in [0, 0.05) is 35.3 Å². The molecule has 0 spiro atoms. The number of nitro benzene ring substituents is 1. The molecular formula is C23H21N3O5. The molecule has 0 fully saturated rings. The third-order valence-corrected chi connectivity index (χ3v) is 5.71. The third kappa shape index (κ3) is 3.46. The average Bonchev–Trinajstić information content (AvgIpc) is 3.19. The molecule has 8 nitrogen and oxygen atoms in total. The normalized spacial score (nSPS) is 16.4. The van der Waals surface area contributed by atoms with Crippen molar-refractivity contribution >= 4 is 28.3 Å². The molecule has 0 bridgehead atoms. The minimum absolute atomic E-state index is 0.0406. The van der Waals surface area contributed by atoms with Crippen molar-refractivity contribution in [1.29, 1.82) is 0 Å². The summed E-state index contributed by atoms with van der Waals surface area (Å²) in [7, 11) is 0. The van der Waals surface area contributed by atoms with Crippen LogP contribution in [0.15, 0.2) is 59.9 Å². The van der Waals surface area contributed by atoms with Gasteiger partial charge in [-0.1, -0.05) is 30.3 Å². The van der Waals surface area contributed by atoms with Crippen molar-refractivity contribution < 1.29 is 19.6 Å². The van der Waals surface area contributed by atoms with Crippen molar-refractivity contribution in [3.05, 3.63) is 86.8 Å². The van der Waals surface area contributed by atoms with Crippen LogP contribution in [0, 0.1) is 17.0 Å². The van der Waals surface area contributed by atoms with Crippen LogP contribution in [-0.4, -0.2) is 38.1 Å². The molecule has 3 aromatic rings. The van der Waals surface area contributed by atoms with Crippen molar-refractivity contribution in [2.75, 3.05) is 6.54 Å². The van der Waals surface area contributed by atoms with Gasteiger partial charge in [-0.25, -0.2) is 0 Å². The van der Waals surface area contributed by atoms with Crippen LogP contribution in [0.5, 0.6) is 0 Å². The second kappa shape index (κ2) is 7.71. The van der Waals surface area contributed by atoms with Gasteiger partial charge in [0.15, 0.2) is 11.5 Å². The van der Waals surface area contributed by atoms with E-state index in [2.05, 4.69) is 4.98 Å². The first-order valence-electron chi connectivity index (χ1n) is 9.85. The van der Waals surface area contributed by atoms with E-state index < -0.39 is 28.4 Å². The van der Waals surface area contributed by atoms with E-state index in [1.807, 2.05) is 31.2 Å². The van der Waals surface area contributed by atoms with E-state index in [4.69, 9.17) is 0 Å². The summed E-state index contributed by atoms with van der Waals surface area (Å²) >= 11 is 0. The number of carbonyl (C=O) groups excluding carboxylic acids is 2. The molecule has 1 aliphatic heterocycles. The molecular weight excluding hydrogens is 398 g/mol. The van der Waals surface area contributed by atoms with Gasteiger partial charge in [-0.2, -0.15) is 0 Å². The number of nitrogens with zero attached hydrogens (tertiary/aromatic N) is 2. The van der Waals surface area contributed by atoms with Gasteiger partial charge in [-0.3, -0.25) is 19.7 Å². The summed E-state index contributed by atoms with van der Waals surface area (Å²) in [5, 5.41) is 22.7. The Kier molecular flexibility index (Phi) is 5.06. The molecule has 1 aliphatic rings. The molecule has 0 aliphatic carbocycles. The summed E-state index contributed by atoms with van der Waals surface area (Å²) in [4.78, 5) is 40.6. The van der Waals surface area contributed by atoms with E-state index >= 15 is 0 Å². The smallest absolute Gasteiger partial charge is 0.290 e. The molecule has 1 aromatic heterocycles. The number of aliphatic hydroxyl groups excluding tert-OH is 1. The number of aromatic nitrogens is 1. The largest absolute Gasteiger partial charge is 0.503 e. The maximum Gasteiger partial charge on any atom is 0.290 e. The number of fused-ring (bicyclic) bond motifs is 1. The standard InChI is InChI=1S/C23H21N3O5/c1-13-17(18-8-3-4-9-19(18)24-13)10-11-25-21(20(14(2)27)22(28)23(25)29)15-6-5-7-16(12-15)26(30)31/h3-9,12,21,24,28H,10-11H2,1-2H3/t21-/m1/s1. The highest BCUT2D eigenvalue weighted by molar-refractivity contribution is 6.08. The van der Waals surface area contributed by atoms with Crippen LogP contribution in [0.3, 0.4) is 0 Å². The first-order valence-corrected chi connectivity index (χ1v) is 9.85. The maximum atomic E-state index is 12.9. The number of nitro groups is 1. The van der Waals surface area contributed by atoms with E-state index in [1.54, 1.807) is 6.07 Å². The quantitative estimate of drug-likeness (QED) is 0.464. The van der Waals surface area contributed by atoms with E-state index in [9.17, 15) is 24.8 Å². The van der Waals surface area contributed by atoms with Gasteiger partial charge in [0.1, 0.15) is 0 Å². The number of hydrogen-bond acceptors (Lipinski definition) is 5. The van der Waals surface area contributed by atoms with E-state index in [1.165, 1.54) is 30.0 Å². The zero-order valence-electron chi connectivity index (χ0n) is 17.1. The first-order chi connectivity index (χ1) is 14.8. The molecule has 31 heavy (non-hydrogen) atoms. The van der Waals surface area contributed by atoms with Crippen molar-refractivity contribution in [3.63, 3.8) is 0 Å². The second-order valence-corrected chi connectivity index (χ2v) is 7.60. The molecule has 0 unspecified atom stereocenters. The van der Waals surface area contributed by atoms with Crippen LogP contribution in [0.1, 0.15) is 29.8 Å². The van der Waals surface area contributed by atoms with Gasteiger partial charge in [0.25, 0.3) is 11.6 Å². The lowest BCUT2D eigenvalue weighted by molar-refractivity contribution is -0.384. The summed E-state index contributed by atoms with van der Waals surface area (Å²) in [6.07, 6.45) is 0.492. The third-order valence-electron chi connectivity index (χ3n) is 5.71. The van der Waals surface area contributed by atoms with Crippen molar-refractivity contribution in [3.8, 4) is 0 Å². The Morgan fingerprint density at radius 2 is 1.97 bits per heavy atom. The number of Topliss-reactive ketones (excluding diaryl/α,β-unsaturated/α-hetero) is 1. The van der Waals surface area contributed by atoms with Gasteiger partial charge in [-0.05, 0) is 37.5 Å². The van der Waals surface area contributed by atoms with Gasteiger partial charge < -0.3 is 15.0 Å². The number of rotatable bonds is 6. The van der Waals surface area contributed by atoms with Crippen LogP contribution in [-0.2, 0) is 16.0 Å². The molecule has 0 radical (unpaired) electrons. The topological polar surface area (TPSA) is 117 Å². The summed E-state index contributed by atoms with van der Waals surface area (Å²) in [6.45, 7) is 3.46. The van der Waals surface area contributed by atoms with Crippen molar-refractivity contribution in [2.24, 2.45) is 0 Å². The average molecular weight is 419 g/mol. The number of carbonyl (C=O) groups is 2. The molecule has 2 heterocycles. The Bertz CT molecular complexity index is 1260. The SMILES string of the molecule is CC(=O)C1=C(O)C(=O)N(CCc2c(C)[nH]c3ccccc23)[C@@H]1c1cccc([N+](=O)[O-])c1. The molecule has 2 aromatic carbocycles. The summed E-state index contributed by atoms with van der Waals surface area (Å²) in [5.41, 5.74) is 3.23. The Balaban J connectivity index is 1.72. The van der Waals surface area contributed by atoms with E-state index in [-0.39, 0.29) is 17.8 Å². The molecule has 0 saturated heterocycles. The van der Waals surface area contributed by atoms with Crippen molar-refractivity contribution in [1.82, 2.24) is 9.88 Å². The predicted octanol–water partition coefficient (Wildman–Crippen LogP) is 3.91. The zero-order valence-corrected chi connectivity index (χ0v) is 17.1. The lowest BCUT2D eigenvalue weighted by atomic mass is 9.96. The number of aliphatic hydroxyl groups is 1. The molecule has 4 rings (SSSR count). The molecule has 1 amide bonds. The van der Waals surface area contributed by atoms with Crippen LogP contribution in [0.25, 0.3) is 10.9 Å². The Hall–Kier alpha value is -3.94. The molecule has 8 heteroatoms. The highest BCUT2D eigenvalue weighted by atomic mass is 16.6. The van der Waals surface area contributed by atoms with Gasteiger partial charge in [0.2, 0.25) is 0 Å². The number of hydrogen-bond donors (Lipinski definition) is 2. The zero-order chi connectivity index (χ0) is 22.3. The summed E-state index contributed by atoms with van der Waals surface area (Å²) < 4.78 is 0. The second-order valence-electron chi connectivity index (χ2n) is 7.60. The first kappa shape index (κ1) is 20.3. The van der Waals surface area contributed by atoms with E-state index in [0.717, 1.165) is 22.2 Å². The number of amides is 1.